The van der Waals surface area contributed by atoms with Crippen LogP contribution < -0.4 is 0 Å². The van der Waals surface area contributed by atoms with Crippen LogP contribution in [0.1, 0.15) is 44.6 Å². The lowest BCUT2D eigenvalue weighted by atomic mass is 9.72. The Kier molecular flexibility index (Phi) is 6.12. The van der Waals surface area contributed by atoms with Gasteiger partial charge in [0.1, 0.15) is 12.5 Å². The molecule has 2 atom stereocenters. The molecule has 4 nitrogen and oxygen atoms in total. The standard InChI is InChI=1S/C19H23NO3S2/c1-3-24-10-8-23-19(22)16-12(2)20-14-5-4-6-15(21)18(14)17(16)13-7-9-25-11-13/h7,9,11,16-17H,3-6,8,10H2,1-2H3/t16?,17-/m0/s1. The third kappa shape index (κ3) is 3.90. The Hall–Kier alpha value is -1.40. The molecular weight excluding hydrogens is 354 g/mol. The Bertz CT molecular complexity index is 706. The fourth-order valence-electron chi connectivity index (χ4n) is 3.56. The van der Waals surface area contributed by atoms with Crippen molar-refractivity contribution in [3.63, 3.8) is 0 Å². The Morgan fingerprint density at radius 3 is 3.00 bits per heavy atom. The molecule has 25 heavy (non-hydrogen) atoms. The number of thioether (sulfide) groups is 1. The van der Waals surface area contributed by atoms with Crippen LogP contribution in [0.15, 0.2) is 33.1 Å². The molecule has 0 bridgehead atoms. The zero-order valence-electron chi connectivity index (χ0n) is 14.6. The van der Waals surface area contributed by atoms with Crippen LogP contribution in [-0.4, -0.2) is 35.6 Å². The van der Waals surface area contributed by atoms with E-state index in [2.05, 4.69) is 11.9 Å². The van der Waals surface area contributed by atoms with Crippen LogP contribution in [0.2, 0.25) is 0 Å². The highest BCUT2D eigenvalue weighted by atomic mass is 32.2. The lowest BCUT2D eigenvalue weighted by molar-refractivity contribution is -0.145. The average Bonchev–Trinajstić information content (AvgIpc) is 3.12. The third-order valence-electron chi connectivity index (χ3n) is 4.67. The zero-order valence-corrected chi connectivity index (χ0v) is 16.3. The zero-order chi connectivity index (χ0) is 17.8. The van der Waals surface area contributed by atoms with Gasteiger partial charge in [-0.25, -0.2) is 0 Å². The first-order chi connectivity index (χ1) is 12.1. The van der Waals surface area contributed by atoms with Crippen molar-refractivity contribution in [2.75, 3.05) is 18.1 Å². The molecule has 1 unspecified atom stereocenters. The molecule has 0 saturated heterocycles. The number of aliphatic imine (C=N–C) groups is 1. The summed E-state index contributed by atoms with van der Waals surface area (Å²) in [4.78, 5) is 30.1. The van der Waals surface area contributed by atoms with Crippen molar-refractivity contribution in [3.8, 4) is 0 Å². The van der Waals surface area contributed by atoms with E-state index in [0.717, 1.165) is 46.9 Å². The Labute approximate surface area is 156 Å². The second-order valence-corrected chi connectivity index (χ2v) is 8.44. The van der Waals surface area contributed by atoms with Gasteiger partial charge in [-0.2, -0.15) is 23.1 Å². The smallest absolute Gasteiger partial charge is 0.315 e. The molecule has 0 fully saturated rings. The van der Waals surface area contributed by atoms with Gasteiger partial charge in [0.05, 0.1) is 0 Å². The lowest BCUT2D eigenvalue weighted by Crippen LogP contribution is -2.37. The van der Waals surface area contributed by atoms with Crippen molar-refractivity contribution in [1.29, 1.82) is 0 Å². The molecule has 2 heterocycles. The first-order valence-corrected chi connectivity index (χ1v) is 10.8. The predicted octanol–water partition coefficient (Wildman–Crippen LogP) is 4.23. The van der Waals surface area contributed by atoms with Crippen LogP contribution in [0.5, 0.6) is 0 Å². The number of hydrogen-bond donors (Lipinski definition) is 0. The van der Waals surface area contributed by atoms with E-state index in [0.29, 0.717) is 13.0 Å². The number of rotatable bonds is 6. The van der Waals surface area contributed by atoms with E-state index in [1.165, 1.54) is 0 Å². The van der Waals surface area contributed by atoms with Crippen LogP contribution in [0.4, 0.5) is 0 Å². The molecule has 1 aromatic heterocycles. The number of carbonyl (C=O) groups excluding carboxylic acids is 2. The van der Waals surface area contributed by atoms with Crippen LogP contribution in [0.3, 0.4) is 0 Å². The number of hydrogen-bond acceptors (Lipinski definition) is 6. The Morgan fingerprint density at radius 1 is 1.44 bits per heavy atom. The van der Waals surface area contributed by atoms with Crippen molar-refractivity contribution >= 4 is 40.6 Å². The topological polar surface area (TPSA) is 55.7 Å². The highest BCUT2D eigenvalue weighted by Gasteiger charge is 2.43. The van der Waals surface area contributed by atoms with Gasteiger partial charge >= 0.3 is 5.97 Å². The van der Waals surface area contributed by atoms with E-state index in [-0.39, 0.29) is 17.7 Å². The first-order valence-electron chi connectivity index (χ1n) is 8.71. The average molecular weight is 378 g/mol. The monoisotopic (exact) mass is 377 g/mol. The summed E-state index contributed by atoms with van der Waals surface area (Å²) in [6.07, 6.45) is 2.20. The van der Waals surface area contributed by atoms with Gasteiger partial charge in [0.2, 0.25) is 0 Å². The molecule has 0 amide bonds. The number of carbonyl (C=O) groups is 2. The third-order valence-corrected chi connectivity index (χ3v) is 6.23. The normalized spacial score (nSPS) is 23.3. The second kappa shape index (κ2) is 8.32. The van der Waals surface area contributed by atoms with Gasteiger partial charge in [-0.05, 0) is 47.9 Å². The molecule has 0 spiro atoms. The van der Waals surface area contributed by atoms with Crippen molar-refractivity contribution in [1.82, 2.24) is 0 Å². The molecular formula is C19H23NO3S2. The molecule has 0 N–H and O–H groups in total. The maximum Gasteiger partial charge on any atom is 0.315 e. The van der Waals surface area contributed by atoms with Gasteiger partial charge in [0.15, 0.2) is 5.78 Å². The molecule has 1 aromatic rings. The summed E-state index contributed by atoms with van der Waals surface area (Å²) in [5.74, 6) is 0.914. The highest BCUT2D eigenvalue weighted by molar-refractivity contribution is 7.99. The van der Waals surface area contributed by atoms with E-state index < -0.39 is 5.92 Å². The van der Waals surface area contributed by atoms with Gasteiger partial charge in [-0.1, -0.05) is 6.92 Å². The maximum absolute atomic E-state index is 12.8. The van der Waals surface area contributed by atoms with Crippen LogP contribution in [0, 0.1) is 5.92 Å². The molecule has 6 heteroatoms. The number of ketones is 1. The van der Waals surface area contributed by atoms with Gasteiger partial charge in [0.25, 0.3) is 0 Å². The molecule has 1 aliphatic carbocycles. The summed E-state index contributed by atoms with van der Waals surface area (Å²) in [5, 5.41) is 4.02. The minimum absolute atomic E-state index is 0.132. The van der Waals surface area contributed by atoms with Gasteiger partial charge in [0, 0.05) is 35.1 Å². The van der Waals surface area contributed by atoms with Crippen LogP contribution in [-0.2, 0) is 14.3 Å². The minimum Gasteiger partial charge on any atom is -0.464 e. The summed E-state index contributed by atoms with van der Waals surface area (Å²) in [7, 11) is 0. The van der Waals surface area contributed by atoms with E-state index in [1.54, 1.807) is 23.1 Å². The van der Waals surface area contributed by atoms with Gasteiger partial charge < -0.3 is 4.74 Å². The van der Waals surface area contributed by atoms with Crippen molar-refractivity contribution in [3.05, 3.63) is 33.7 Å². The summed E-state index contributed by atoms with van der Waals surface area (Å²) in [6.45, 7) is 4.37. The number of esters is 1. The fraction of sp³-hybridized carbons (Fsp3) is 0.526. The Balaban J connectivity index is 1.91. The van der Waals surface area contributed by atoms with Gasteiger partial charge in [-0.3, -0.25) is 14.6 Å². The largest absolute Gasteiger partial charge is 0.464 e. The minimum atomic E-state index is -0.498. The molecule has 0 saturated carbocycles. The maximum atomic E-state index is 12.8. The van der Waals surface area contributed by atoms with E-state index in [4.69, 9.17) is 4.74 Å². The summed E-state index contributed by atoms with van der Waals surface area (Å²) >= 11 is 3.33. The van der Waals surface area contributed by atoms with E-state index in [1.807, 2.05) is 23.8 Å². The van der Waals surface area contributed by atoms with Crippen LogP contribution in [0.25, 0.3) is 0 Å². The first kappa shape index (κ1) is 18.4. The number of allylic oxidation sites excluding steroid dienone is 2. The lowest BCUT2D eigenvalue weighted by Gasteiger charge is -2.33. The molecule has 134 valence electrons. The summed E-state index contributed by atoms with van der Waals surface area (Å²) < 4.78 is 5.53. The van der Waals surface area contributed by atoms with E-state index >= 15 is 0 Å². The molecule has 3 rings (SSSR count). The predicted molar refractivity (Wildman–Crippen MR) is 104 cm³/mol. The summed E-state index contributed by atoms with van der Waals surface area (Å²) in [5.41, 5.74) is 3.39. The SMILES string of the molecule is CCSCCOC(=O)C1C(C)=NC2=C(C(=O)CCC2)[C@H]1c1ccsc1. The Morgan fingerprint density at radius 2 is 2.28 bits per heavy atom. The quantitative estimate of drug-likeness (QED) is 0.550. The van der Waals surface area contributed by atoms with Crippen molar-refractivity contribution in [2.24, 2.45) is 10.9 Å². The molecule has 1 aliphatic heterocycles. The molecule has 0 radical (unpaired) electrons. The highest BCUT2D eigenvalue weighted by Crippen LogP contribution is 2.44. The number of ether oxygens (including phenoxy) is 1. The van der Waals surface area contributed by atoms with E-state index in [9.17, 15) is 9.59 Å². The summed E-state index contributed by atoms with van der Waals surface area (Å²) in [6, 6.07) is 2.01. The number of thiophene rings is 1. The second-order valence-electron chi connectivity index (χ2n) is 6.27. The number of nitrogens with zero attached hydrogens (tertiary/aromatic N) is 1. The molecule has 0 aromatic carbocycles. The van der Waals surface area contributed by atoms with Crippen molar-refractivity contribution in [2.45, 2.75) is 39.0 Å². The van der Waals surface area contributed by atoms with Gasteiger partial charge in [-0.15, -0.1) is 0 Å². The van der Waals surface area contributed by atoms with Crippen molar-refractivity contribution < 1.29 is 14.3 Å². The van der Waals surface area contributed by atoms with Crippen LogP contribution >= 0.6 is 23.1 Å². The molecule has 2 aliphatic rings. The fourth-order valence-corrected chi connectivity index (χ4v) is 4.75. The number of Topliss-reactive ketones (excluding diaryl/α,β-unsaturated/α-hetero) is 1.